The van der Waals surface area contributed by atoms with Gasteiger partial charge in [-0.15, -0.1) is 0 Å². The summed E-state index contributed by atoms with van der Waals surface area (Å²) in [6.07, 6.45) is -0.346. The Labute approximate surface area is 84.9 Å². The molecule has 0 aliphatic heterocycles. The fraction of sp³-hybridized carbons (Fsp3) is 0.417. The number of rotatable bonds is 4. The molecule has 0 heterocycles. The van der Waals surface area contributed by atoms with Gasteiger partial charge in [0.1, 0.15) is 6.10 Å². The van der Waals surface area contributed by atoms with Gasteiger partial charge in [-0.2, -0.15) is 0 Å². The van der Waals surface area contributed by atoms with Gasteiger partial charge >= 0.3 is 0 Å². The maximum atomic E-state index is 11.8. The van der Waals surface area contributed by atoms with Crippen LogP contribution in [0.2, 0.25) is 0 Å². The fourth-order valence-corrected chi connectivity index (χ4v) is 1.39. The molecule has 0 radical (unpaired) electrons. The first kappa shape index (κ1) is 10.9. The highest BCUT2D eigenvalue weighted by Crippen LogP contribution is 2.11. The van der Waals surface area contributed by atoms with Crippen molar-refractivity contribution in [3.05, 3.63) is 35.4 Å². The van der Waals surface area contributed by atoms with Crippen molar-refractivity contribution in [2.75, 3.05) is 6.61 Å². The van der Waals surface area contributed by atoms with E-state index in [0.717, 1.165) is 11.1 Å². The van der Waals surface area contributed by atoms with E-state index in [1.807, 2.05) is 38.1 Å². The lowest BCUT2D eigenvalue weighted by Crippen LogP contribution is -2.21. The predicted octanol–water partition coefficient (Wildman–Crippen LogP) is 2.60. The number of ether oxygens (including phenoxy) is 1. The van der Waals surface area contributed by atoms with Crippen LogP contribution in [0.4, 0.5) is 0 Å². The molecule has 1 aromatic carbocycles. The average Bonchev–Trinajstić information content (AvgIpc) is 2.18. The number of ketones is 1. The van der Waals surface area contributed by atoms with E-state index < -0.39 is 0 Å². The Morgan fingerprint density at radius 3 is 2.64 bits per heavy atom. The summed E-state index contributed by atoms with van der Waals surface area (Å²) >= 11 is 0. The van der Waals surface area contributed by atoms with Gasteiger partial charge in [-0.25, -0.2) is 0 Å². The number of Topliss-reactive ketones (excluding diaryl/α,β-unsaturated/α-hetero) is 1. The smallest absolute Gasteiger partial charge is 0.191 e. The van der Waals surface area contributed by atoms with Crippen LogP contribution in [0.1, 0.15) is 29.8 Å². The Kier molecular flexibility index (Phi) is 3.84. The number of hydrogen-bond donors (Lipinski definition) is 0. The molecule has 0 aliphatic carbocycles. The monoisotopic (exact) mass is 192 g/mol. The van der Waals surface area contributed by atoms with Gasteiger partial charge in [0.2, 0.25) is 0 Å². The molecule has 0 aromatic heterocycles. The summed E-state index contributed by atoms with van der Waals surface area (Å²) in [5.74, 6) is 0.0601. The molecule has 14 heavy (non-hydrogen) atoms. The standard InChI is InChI=1S/C12H16O2/c1-4-14-10(3)12(13)11-8-6-5-7-9(11)2/h5-8,10H,4H2,1-3H3. The quantitative estimate of drug-likeness (QED) is 0.685. The zero-order chi connectivity index (χ0) is 10.6. The summed E-state index contributed by atoms with van der Waals surface area (Å²) in [7, 11) is 0. The molecular weight excluding hydrogens is 176 g/mol. The maximum Gasteiger partial charge on any atom is 0.191 e. The van der Waals surface area contributed by atoms with E-state index >= 15 is 0 Å². The van der Waals surface area contributed by atoms with Crippen LogP contribution < -0.4 is 0 Å². The summed E-state index contributed by atoms with van der Waals surface area (Å²) < 4.78 is 5.26. The minimum absolute atomic E-state index is 0.0601. The zero-order valence-electron chi connectivity index (χ0n) is 8.91. The number of benzene rings is 1. The second-order valence-corrected chi connectivity index (χ2v) is 3.28. The highest BCUT2D eigenvalue weighted by atomic mass is 16.5. The zero-order valence-corrected chi connectivity index (χ0v) is 8.91. The Hall–Kier alpha value is -1.15. The van der Waals surface area contributed by atoms with Crippen LogP contribution in [0, 0.1) is 6.92 Å². The topological polar surface area (TPSA) is 26.3 Å². The Balaban J connectivity index is 2.84. The van der Waals surface area contributed by atoms with Crippen LogP contribution in [0.3, 0.4) is 0 Å². The van der Waals surface area contributed by atoms with Crippen LogP contribution >= 0.6 is 0 Å². The molecule has 2 nitrogen and oxygen atoms in total. The van der Waals surface area contributed by atoms with Crippen molar-refractivity contribution in [2.45, 2.75) is 26.9 Å². The number of aryl methyl sites for hydroxylation is 1. The Morgan fingerprint density at radius 1 is 1.43 bits per heavy atom. The molecule has 0 bridgehead atoms. The lowest BCUT2D eigenvalue weighted by Gasteiger charge is -2.11. The van der Waals surface area contributed by atoms with Gasteiger partial charge in [-0.3, -0.25) is 4.79 Å². The summed E-state index contributed by atoms with van der Waals surface area (Å²) in [6.45, 7) is 6.19. The van der Waals surface area contributed by atoms with Crippen LogP contribution in [-0.2, 0) is 4.74 Å². The molecular formula is C12H16O2. The van der Waals surface area contributed by atoms with Gasteiger partial charge in [0.15, 0.2) is 5.78 Å². The first-order valence-electron chi connectivity index (χ1n) is 4.88. The van der Waals surface area contributed by atoms with Crippen LogP contribution in [0.15, 0.2) is 24.3 Å². The number of carbonyl (C=O) groups excluding carboxylic acids is 1. The summed E-state index contributed by atoms with van der Waals surface area (Å²) in [4.78, 5) is 11.8. The van der Waals surface area contributed by atoms with Gasteiger partial charge < -0.3 is 4.74 Å². The van der Waals surface area contributed by atoms with E-state index in [1.165, 1.54) is 0 Å². The van der Waals surface area contributed by atoms with Gasteiger partial charge in [-0.1, -0.05) is 24.3 Å². The second kappa shape index (κ2) is 4.91. The van der Waals surface area contributed by atoms with Crippen molar-refractivity contribution >= 4 is 5.78 Å². The van der Waals surface area contributed by atoms with Crippen molar-refractivity contribution in [1.82, 2.24) is 0 Å². The van der Waals surface area contributed by atoms with E-state index in [0.29, 0.717) is 6.61 Å². The van der Waals surface area contributed by atoms with Gasteiger partial charge in [-0.05, 0) is 26.3 Å². The lowest BCUT2D eigenvalue weighted by molar-refractivity contribution is 0.0520. The van der Waals surface area contributed by atoms with E-state index in [2.05, 4.69) is 0 Å². The second-order valence-electron chi connectivity index (χ2n) is 3.28. The van der Waals surface area contributed by atoms with Crippen LogP contribution in [0.25, 0.3) is 0 Å². The van der Waals surface area contributed by atoms with E-state index in [1.54, 1.807) is 6.92 Å². The Bertz CT molecular complexity index is 318. The molecule has 0 aliphatic rings. The normalized spacial score (nSPS) is 12.5. The van der Waals surface area contributed by atoms with E-state index in [9.17, 15) is 4.79 Å². The van der Waals surface area contributed by atoms with Crippen molar-refractivity contribution in [3.63, 3.8) is 0 Å². The van der Waals surface area contributed by atoms with Gasteiger partial charge in [0, 0.05) is 12.2 Å². The molecule has 1 aromatic rings. The molecule has 1 rings (SSSR count). The molecule has 1 atom stereocenters. The third-order valence-corrected chi connectivity index (χ3v) is 2.20. The first-order chi connectivity index (χ1) is 6.66. The SMILES string of the molecule is CCOC(C)C(=O)c1ccccc1C. The fourth-order valence-electron chi connectivity index (χ4n) is 1.39. The predicted molar refractivity (Wildman–Crippen MR) is 56.6 cm³/mol. The summed E-state index contributed by atoms with van der Waals surface area (Å²) in [5.41, 5.74) is 1.76. The minimum atomic E-state index is -0.346. The number of hydrogen-bond acceptors (Lipinski definition) is 2. The molecule has 0 saturated heterocycles. The van der Waals surface area contributed by atoms with Gasteiger partial charge in [0.05, 0.1) is 0 Å². The molecule has 2 heteroatoms. The molecule has 76 valence electrons. The maximum absolute atomic E-state index is 11.8. The van der Waals surface area contributed by atoms with Crippen molar-refractivity contribution in [2.24, 2.45) is 0 Å². The van der Waals surface area contributed by atoms with Crippen molar-refractivity contribution < 1.29 is 9.53 Å². The van der Waals surface area contributed by atoms with E-state index in [-0.39, 0.29) is 11.9 Å². The summed E-state index contributed by atoms with van der Waals surface area (Å²) in [6, 6.07) is 7.58. The third kappa shape index (κ3) is 2.42. The largest absolute Gasteiger partial charge is 0.371 e. The van der Waals surface area contributed by atoms with Crippen LogP contribution in [-0.4, -0.2) is 18.5 Å². The molecule has 1 unspecified atom stereocenters. The van der Waals surface area contributed by atoms with E-state index in [4.69, 9.17) is 4.74 Å². The van der Waals surface area contributed by atoms with Crippen LogP contribution in [0.5, 0.6) is 0 Å². The lowest BCUT2D eigenvalue weighted by atomic mass is 10.0. The molecule has 0 saturated carbocycles. The highest BCUT2D eigenvalue weighted by molar-refractivity contribution is 6.00. The minimum Gasteiger partial charge on any atom is -0.371 e. The first-order valence-corrected chi connectivity index (χ1v) is 4.88. The van der Waals surface area contributed by atoms with Gasteiger partial charge in [0.25, 0.3) is 0 Å². The Morgan fingerprint density at radius 2 is 2.07 bits per heavy atom. The highest BCUT2D eigenvalue weighted by Gasteiger charge is 2.16. The van der Waals surface area contributed by atoms with Crippen molar-refractivity contribution in [1.29, 1.82) is 0 Å². The molecule has 0 amide bonds. The van der Waals surface area contributed by atoms with Crippen molar-refractivity contribution in [3.8, 4) is 0 Å². The third-order valence-electron chi connectivity index (χ3n) is 2.20. The molecule has 0 fully saturated rings. The molecule has 0 N–H and O–H groups in total. The summed E-state index contributed by atoms with van der Waals surface area (Å²) in [5, 5.41) is 0. The number of carbonyl (C=O) groups is 1. The molecule has 0 spiro atoms. The average molecular weight is 192 g/mol.